The lowest BCUT2D eigenvalue weighted by molar-refractivity contribution is 0.239. The molecule has 0 aliphatic carbocycles. The largest absolute Gasteiger partial charge is 0.414 e. The standard InChI is InChI=1S/C24H34O4SSi/c1-23(2,3)30(4,5)27-19-22-24(28-22,18-12-15-20-13-8-6-9-14-20)29(25,26)21-16-10-7-11-17-21/h6-11,13-14,16-17,22H,12,15,18-19H2,1-5H3/t22-,24-/m1/s1. The molecule has 0 bridgehead atoms. The Morgan fingerprint density at radius 2 is 1.57 bits per heavy atom. The maximum Gasteiger partial charge on any atom is 0.210 e. The molecule has 164 valence electrons. The van der Waals surface area contributed by atoms with Gasteiger partial charge >= 0.3 is 0 Å². The second-order valence-electron chi connectivity index (χ2n) is 9.65. The Hall–Kier alpha value is -1.47. The molecule has 0 radical (unpaired) electrons. The second-order valence-corrected chi connectivity index (χ2v) is 16.6. The molecule has 6 heteroatoms. The molecule has 0 amide bonds. The Bertz CT molecular complexity index is 936. The van der Waals surface area contributed by atoms with Crippen LogP contribution in [-0.4, -0.2) is 34.4 Å². The van der Waals surface area contributed by atoms with Gasteiger partial charge in [-0.2, -0.15) is 0 Å². The minimum atomic E-state index is -3.62. The summed E-state index contributed by atoms with van der Waals surface area (Å²) in [7, 11) is -5.61. The van der Waals surface area contributed by atoms with E-state index in [2.05, 4.69) is 46.0 Å². The Morgan fingerprint density at radius 3 is 2.13 bits per heavy atom. The highest BCUT2D eigenvalue weighted by Crippen LogP contribution is 2.49. The number of hydrogen-bond acceptors (Lipinski definition) is 4. The van der Waals surface area contributed by atoms with Gasteiger partial charge in [0, 0.05) is 0 Å². The van der Waals surface area contributed by atoms with Gasteiger partial charge in [0.2, 0.25) is 14.8 Å². The van der Waals surface area contributed by atoms with Gasteiger partial charge in [0.05, 0.1) is 11.5 Å². The lowest BCUT2D eigenvalue weighted by atomic mass is 10.1. The first kappa shape index (κ1) is 23.2. The molecule has 0 aromatic heterocycles. The van der Waals surface area contributed by atoms with Crippen molar-refractivity contribution in [3.8, 4) is 0 Å². The average molecular weight is 447 g/mol. The molecular weight excluding hydrogens is 412 g/mol. The molecule has 1 aliphatic heterocycles. The van der Waals surface area contributed by atoms with E-state index < -0.39 is 29.2 Å². The fraction of sp³-hybridized carbons (Fsp3) is 0.500. The van der Waals surface area contributed by atoms with E-state index >= 15 is 0 Å². The third kappa shape index (κ3) is 4.72. The van der Waals surface area contributed by atoms with Gasteiger partial charge in [-0.05, 0) is 55.1 Å². The molecule has 1 fully saturated rings. The van der Waals surface area contributed by atoms with Crippen LogP contribution < -0.4 is 0 Å². The van der Waals surface area contributed by atoms with E-state index in [1.54, 1.807) is 24.3 Å². The lowest BCUT2D eigenvalue weighted by Crippen LogP contribution is -2.42. The van der Waals surface area contributed by atoms with E-state index in [9.17, 15) is 8.42 Å². The van der Waals surface area contributed by atoms with Gasteiger partial charge in [-0.25, -0.2) is 8.42 Å². The molecule has 30 heavy (non-hydrogen) atoms. The zero-order chi connectivity index (χ0) is 22.0. The van der Waals surface area contributed by atoms with E-state index in [-0.39, 0.29) is 5.04 Å². The highest BCUT2D eigenvalue weighted by molar-refractivity contribution is 7.93. The van der Waals surface area contributed by atoms with Gasteiger partial charge in [0.15, 0.2) is 8.32 Å². The van der Waals surface area contributed by atoms with Gasteiger partial charge in [-0.1, -0.05) is 69.3 Å². The number of ether oxygens (including phenoxy) is 1. The molecule has 3 rings (SSSR count). The van der Waals surface area contributed by atoms with Gasteiger partial charge < -0.3 is 9.16 Å². The minimum Gasteiger partial charge on any atom is -0.414 e. The summed E-state index contributed by atoms with van der Waals surface area (Å²) in [6, 6.07) is 18.8. The molecule has 2 atom stereocenters. The predicted octanol–water partition coefficient (Wildman–Crippen LogP) is 5.60. The average Bonchev–Trinajstić information content (AvgIpc) is 3.42. The van der Waals surface area contributed by atoms with Gasteiger partial charge in [-0.15, -0.1) is 0 Å². The summed E-state index contributed by atoms with van der Waals surface area (Å²) in [6.45, 7) is 11.2. The van der Waals surface area contributed by atoms with Crippen molar-refractivity contribution in [2.24, 2.45) is 0 Å². The summed E-state index contributed by atoms with van der Waals surface area (Å²) in [5, 5.41) is 0.0656. The van der Waals surface area contributed by atoms with Crippen molar-refractivity contribution in [3.05, 3.63) is 66.2 Å². The molecule has 0 saturated carbocycles. The zero-order valence-electron chi connectivity index (χ0n) is 18.7. The van der Waals surface area contributed by atoms with E-state index in [4.69, 9.17) is 9.16 Å². The summed E-state index contributed by atoms with van der Waals surface area (Å²) in [6.07, 6.45) is 1.61. The van der Waals surface area contributed by atoms with Crippen LogP contribution in [0.3, 0.4) is 0 Å². The number of sulfone groups is 1. The van der Waals surface area contributed by atoms with Gasteiger partial charge in [-0.3, -0.25) is 0 Å². The molecule has 2 aromatic carbocycles. The molecule has 0 N–H and O–H groups in total. The van der Waals surface area contributed by atoms with E-state index in [1.165, 1.54) is 5.56 Å². The summed E-state index contributed by atoms with van der Waals surface area (Å²) < 4.78 is 39.3. The van der Waals surface area contributed by atoms with Crippen molar-refractivity contribution < 1.29 is 17.6 Å². The Kier molecular flexibility index (Phi) is 6.63. The molecule has 4 nitrogen and oxygen atoms in total. The number of epoxide rings is 1. The third-order valence-corrected chi connectivity index (χ3v) is 13.4. The van der Waals surface area contributed by atoms with Crippen LogP contribution in [-0.2, 0) is 25.4 Å². The van der Waals surface area contributed by atoms with Crippen LogP contribution in [0.1, 0.15) is 39.2 Å². The Balaban J connectivity index is 1.77. The fourth-order valence-electron chi connectivity index (χ4n) is 3.44. The monoisotopic (exact) mass is 446 g/mol. The van der Waals surface area contributed by atoms with Gasteiger partial charge in [0.1, 0.15) is 6.10 Å². The van der Waals surface area contributed by atoms with E-state index in [1.807, 2.05) is 24.3 Å². The molecule has 1 saturated heterocycles. The molecular formula is C24H34O4SSi. The van der Waals surface area contributed by atoms with Crippen LogP contribution >= 0.6 is 0 Å². The van der Waals surface area contributed by atoms with Crippen LogP contribution in [0, 0.1) is 0 Å². The predicted molar refractivity (Wildman–Crippen MR) is 124 cm³/mol. The fourth-order valence-corrected chi connectivity index (χ4v) is 6.43. The lowest BCUT2D eigenvalue weighted by Gasteiger charge is -2.36. The summed E-state index contributed by atoms with van der Waals surface area (Å²) in [4.78, 5) is -0.870. The van der Waals surface area contributed by atoms with Crippen LogP contribution in [0.5, 0.6) is 0 Å². The van der Waals surface area contributed by atoms with Crippen LogP contribution in [0.15, 0.2) is 65.6 Å². The van der Waals surface area contributed by atoms with Crippen molar-refractivity contribution in [2.75, 3.05) is 6.61 Å². The Labute approximate surface area is 182 Å². The third-order valence-electron chi connectivity index (χ3n) is 6.52. The highest BCUT2D eigenvalue weighted by Gasteiger charge is 2.66. The number of aryl methyl sites for hydroxylation is 1. The van der Waals surface area contributed by atoms with Crippen LogP contribution in [0.2, 0.25) is 18.1 Å². The molecule has 2 aromatic rings. The molecule has 0 spiro atoms. The Morgan fingerprint density at radius 1 is 1.00 bits per heavy atom. The molecule has 1 aliphatic rings. The number of benzene rings is 2. The normalized spacial score (nSPS) is 22.1. The van der Waals surface area contributed by atoms with Crippen LogP contribution in [0.25, 0.3) is 0 Å². The summed E-state index contributed by atoms with van der Waals surface area (Å²) >= 11 is 0. The van der Waals surface area contributed by atoms with Crippen molar-refractivity contribution >= 4 is 18.2 Å². The second kappa shape index (κ2) is 8.58. The first-order valence-electron chi connectivity index (χ1n) is 10.6. The highest BCUT2D eigenvalue weighted by atomic mass is 32.2. The van der Waals surface area contributed by atoms with Gasteiger partial charge in [0.25, 0.3) is 0 Å². The van der Waals surface area contributed by atoms with Crippen LogP contribution in [0.4, 0.5) is 0 Å². The minimum absolute atomic E-state index is 0.0656. The number of hydrogen-bond donors (Lipinski definition) is 0. The molecule has 0 unspecified atom stereocenters. The first-order valence-corrected chi connectivity index (χ1v) is 15.0. The summed E-state index contributed by atoms with van der Waals surface area (Å²) in [5.74, 6) is 0. The van der Waals surface area contributed by atoms with E-state index in [0.717, 1.165) is 12.8 Å². The van der Waals surface area contributed by atoms with Crippen molar-refractivity contribution in [1.82, 2.24) is 0 Å². The summed E-state index contributed by atoms with van der Waals surface area (Å²) in [5.41, 5.74) is 1.21. The SMILES string of the molecule is CC(C)(C)[Si](C)(C)OC[C@H]1O[C@]1(CCCc1ccccc1)S(=O)(=O)c1ccccc1. The zero-order valence-corrected chi connectivity index (χ0v) is 20.5. The topological polar surface area (TPSA) is 55.9 Å². The quantitative estimate of drug-likeness (QED) is 0.372. The first-order chi connectivity index (χ1) is 14.0. The van der Waals surface area contributed by atoms with E-state index in [0.29, 0.717) is 17.9 Å². The maximum absolute atomic E-state index is 13.5. The van der Waals surface area contributed by atoms with Crippen molar-refractivity contribution in [2.45, 2.75) is 74.1 Å². The smallest absolute Gasteiger partial charge is 0.210 e. The van der Waals surface area contributed by atoms with Crippen molar-refractivity contribution in [1.29, 1.82) is 0 Å². The maximum atomic E-state index is 13.5. The van der Waals surface area contributed by atoms with Crippen molar-refractivity contribution in [3.63, 3.8) is 0 Å². The molecule has 1 heterocycles. The number of rotatable bonds is 9.